The normalized spacial score (nSPS) is 28.2. The molecule has 1 aliphatic carbocycles. The Morgan fingerprint density at radius 2 is 1.90 bits per heavy atom. The van der Waals surface area contributed by atoms with Crippen LogP contribution in [-0.2, 0) is 5.54 Å². The van der Waals surface area contributed by atoms with E-state index in [-0.39, 0.29) is 11.4 Å². The molecule has 0 aliphatic heterocycles. The smallest absolute Gasteiger partial charge is 0.126 e. The van der Waals surface area contributed by atoms with Crippen molar-refractivity contribution >= 4 is 0 Å². The topological polar surface area (TPSA) is 26.0 Å². The second-order valence-corrected chi connectivity index (χ2v) is 7.61. The molecule has 1 nitrogen and oxygen atoms in total. The largest absolute Gasteiger partial charge is 0.321 e. The Morgan fingerprint density at radius 3 is 2.50 bits per heavy atom. The molecule has 1 fully saturated rings. The van der Waals surface area contributed by atoms with E-state index in [1.807, 2.05) is 19.1 Å². The molecule has 0 heterocycles. The Balaban J connectivity index is 2.20. The lowest BCUT2D eigenvalue weighted by Gasteiger charge is -2.32. The van der Waals surface area contributed by atoms with Crippen LogP contribution in [0.25, 0.3) is 0 Å². The first-order valence-corrected chi connectivity index (χ1v) is 7.78. The molecule has 2 atom stereocenters. The maximum Gasteiger partial charge on any atom is 0.126 e. The maximum absolute atomic E-state index is 13.4. The van der Waals surface area contributed by atoms with E-state index in [4.69, 9.17) is 5.73 Å². The molecule has 2 unspecified atom stereocenters. The Morgan fingerprint density at radius 1 is 1.20 bits per heavy atom. The molecule has 0 amide bonds. The van der Waals surface area contributed by atoms with Gasteiger partial charge in [0.25, 0.3) is 0 Å². The van der Waals surface area contributed by atoms with Gasteiger partial charge in [-0.2, -0.15) is 0 Å². The van der Waals surface area contributed by atoms with Crippen molar-refractivity contribution in [2.24, 2.45) is 17.1 Å². The molecular formula is C18H28FN. The van der Waals surface area contributed by atoms with Crippen LogP contribution in [-0.4, -0.2) is 0 Å². The fraction of sp³-hybridized carbons (Fsp3) is 0.667. The van der Waals surface area contributed by atoms with Crippen LogP contribution in [0, 0.1) is 24.1 Å². The molecule has 0 aromatic heterocycles. The van der Waals surface area contributed by atoms with Crippen molar-refractivity contribution in [3.8, 4) is 0 Å². The average Bonchev–Trinajstić information content (AvgIpc) is 2.55. The van der Waals surface area contributed by atoms with Gasteiger partial charge in [-0.05, 0) is 61.1 Å². The van der Waals surface area contributed by atoms with Gasteiger partial charge < -0.3 is 5.73 Å². The summed E-state index contributed by atoms with van der Waals surface area (Å²) in [7, 11) is 0. The van der Waals surface area contributed by atoms with Crippen LogP contribution in [0.5, 0.6) is 0 Å². The highest BCUT2D eigenvalue weighted by Crippen LogP contribution is 2.42. The first-order valence-electron chi connectivity index (χ1n) is 7.78. The molecule has 0 spiro atoms. The Labute approximate surface area is 122 Å². The number of benzene rings is 1. The summed E-state index contributed by atoms with van der Waals surface area (Å²) in [6.07, 6.45) is 5.58. The number of halogens is 1. The summed E-state index contributed by atoms with van der Waals surface area (Å²) in [5.74, 6) is 0.591. The molecule has 1 aromatic carbocycles. The van der Waals surface area contributed by atoms with Crippen molar-refractivity contribution in [3.63, 3.8) is 0 Å². The zero-order valence-electron chi connectivity index (χ0n) is 13.3. The second-order valence-electron chi connectivity index (χ2n) is 7.61. The second kappa shape index (κ2) is 5.48. The van der Waals surface area contributed by atoms with Crippen LogP contribution in [0.15, 0.2) is 18.2 Å². The molecule has 0 radical (unpaired) electrons. The third kappa shape index (κ3) is 3.22. The summed E-state index contributed by atoms with van der Waals surface area (Å²) < 4.78 is 13.4. The Hall–Kier alpha value is -0.890. The van der Waals surface area contributed by atoms with E-state index in [9.17, 15) is 4.39 Å². The van der Waals surface area contributed by atoms with Gasteiger partial charge in [0.05, 0.1) is 0 Å². The molecular weight excluding hydrogens is 249 g/mol. The third-order valence-electron chi connectivity index (χ3n) is 5.07. The van der Waals surface area contributed by atoms with Crippen molar-refractivity contribution in [2.75, 3.05) is 0 Å². The molecule has 2 N–H and O–H groups in total. The number of hydrogen-bond acceptors (Lipinski definition) is 1. The van der Waals surface area contributed by atoms with Crippen LogP contribution >= 0.6 is 0 Å². The van der Waals surface area contributed by atoms with Gasteiger partial charge >= 0.3 is 0 Å². The first kappa shape index (κ1) is 15.5. The third-order valence-corrected chi connectivity index (χ3v) is 5.07. The summed E-state index contributed by atoms with van der Waals surface area (Å²) in [6.45, 7) is 8.78. The molecule has 0 bridgehead atoms. The van der Waals surface area contributed by atoms with Gasteiger partial charge in [-0.25, -0.2) is 4.39 Å². The summed E-state index contributed by atoms with van der Waals surface area (Å²) in [5, 5.41) is 0. The minimum Gasteiger partial charge on any atom is -0.321 e. The fourth-order valence-corrected chi connectivity index (χ4v) is 3.47. The molecule has 20 heavy (non-hydrogen) atoms. The van der Waals surface area contributed by atoms with Crippen LogP contribution in [0.4, 0.5) is 4.39 Å². The molecule has 112 valence electrons. The zero-order valence-corrected chi connectivity index (χ0v) is 13.3. The maximum atomic E-state index is 13.4. The average molecular weight is 277 g/mol. The Kier molecular flexibility index (Phi) is 4.24. The summed E-state index contributed by atoms with van der Waals surface area (Å²) in [4.78, 5) is 0. The van der Waals surface area contributed by atoms with Crippen LogP contribution in [0.2, 0.25) is 0 Å². The lowest BCUT2D eigenvalue weighted by atomic mass is 9.75. The van der Waals surface area contributed by atoms with Gasteiger partial charge in [0.1, 0.15) is 5.82 Å². The number of aryl methyl sites for hydroxylation is 1. The minimum absolute atomic E-state index is 0.140. The van der Waals surface area contributed by atoms with Crippen molar-refractivity contribution in [2.45, 2.75) is 65.3 Å². The van der Waals surface area contributed by atoms with E-state index >= 15 is 0 Å². The first-order chi connectivity index (χ1) is 9.22. The van der Waals surface area contributed by atoms with Gasteiger partial charge in [-0.3, -0.25) is 0 Å². The van der Waals surface area contributed by atoms with E-state index in [0.717, 1.165) is 37.2 Å². The summed E-state index contributed by atoms with van der Waals surface area (Å²) in [5.41, 5.74) is 8.56. The van der Waals surface area contributed by atoms with E-state index in [0.29, 0.717) is 11.0 Å². The van der Waals surface area contributed by atoms with Gasteiger partial charge in [-0.1, -0.05) is 39.3 Å². The zero-order chi connectivity index (χ0) is 15.0. The SMILES string of the molecule is Cc1cc(C2(N)CCCC(C(C)(C)C)CC2)ccc1F. The predicted octanol–water partition coefficient (Wildman–Crippen LogP) is 4.91. The van der Waals surface area contributed by atoms with Gasteiger partial charge in [0.15, 0.2) is 0 Å². The van der Waals surface area contributed by atoms with Crippen molar-refractivity contribution < 1.29 is 4.39 Å². The Bertz CT molecular complexity index is 475. The quantitative estimate of drug-likeness (QED) is 0.725. The fourth-order valence-electron chi connectivity index (χ4n) is 3.47. The summed E-state index contributed by atoms with van der Waals surface area (Å²) >= 11 is 0. The lowest BCUT2D eigenvalue weighted by molar-refractivity contribution is 0.211. The van der Waals surface area contributed by atoms with Crippen molar-refractivity contribution in [1.82, 2.24) is 0 Å². The summed E-state index contributed by atoms with van der Waals surface area (Å²) in [6, 6.07) is 5.37. The van der Waals surface area contributed by atoms with E-state index in [2.05, 4.69) is 20.8 Å². The van der Waals surface area contributed by atoms with Gasteiger partial charge in [-0.15, -0.1) is 0 Å². The van der Waals surface area contributed by atoms with Crippen LogP contribution in [0.3, 0.4) is 0 Å². The lowest BCUT2D eigenvalue weighted by Crippen LogP contribution is -2.36. The van der Waals surface area contributed by atoms with E-state index in [1.165, 1.54) is 6.42 Å². The number of hydrogen-bond donors (Lipinski definition) is 1. The van der Waals surface area contributed by atoms with Crippen LogP contribution < -0.4 is 5.73 Å². The molecule has 0 saturated heterocycles. The molecule has 1 saturated carbocycles. The van der Waals surface area contributed by atoms with E-state index in [1.54, 1.807) is 6.07 Å². The molecule has 2 heteroatoms. The predicted molar refractivity (Wildman–Crippen MR) is 83.0 cm³/mol. The monoisotopic (exact) mass is 277 g/mol. The standard InChI is InChI=1S/C18H28FN/c1-13-12-15(7-8-16(13)19)18(20)10-5-6-14(9-11-18)17(2,3)4/h7-8,12,14H,5-6,9-11,20H2,1-4H3. The molecule has 1 aromatic rings. The highest BCUT2D eigenvalue weighted by atomic mass is 19.1. The van der Waals surface area contributed by atoms with Crippen molar-refractivity contribution in [3.05, 3.63) is 35.1 Å². The minimum atomic E-state index is -0.279. The van der Waals surface area contributed by atoms with Crippen molar-refractivity contribution in [1.29, 1.82) is 0 Å². The number of rotatable bonds is 1. The molecule has 1 aliphatic rings. The highest BCUT2D eigenvalue weighted by molar-refractivity contribution is 5.30. The van der Waals surface area contributed by atoms with Gasteiger partial charge in [0, 0.05) is 5.54 Å². The van der Waals surface area contributed by atoms with Crippen LogP contribution in [0.1, 0.15) is 64.0 Å². The number of nitrogens with two attached hydrogens (primary N) is 1. The van der Waals surface area contributed by atoms with E-state index < -0.39 is 0 Å². The van der Waals surface area contributed by atoms with Gasteiger partial charge in [0.2, 0.25) is 0 Å². The highest BCUT2D eigenvalue weighted by Gasteiger charge is 2.34. The molecule has 2 rings (SSSR count).